The number of nitrogens with two attached hydrogens (primary N) is 1. The summed E-state index contributed by atoms with van der Waals surface area (Å²) in [6.07, 6.45) is 1.64. The molecule has 1 heterocycles. The van der Waals surface area contributed by atoms with E-state index in [4.69, 9.17) is 5.73 Å². The molecule has 0 fully saturated rings. The Balaban J connectivity index is 0.000000640. The van der Waals surface area contributed by atoms with Crippen molar-refractivity contribution in [2.24, 2.45) is 0 Å². The van der Waals surface area contributed by atoms with E-state index in [0.29, 0.717) is 5.95 Å². The molecule has 0 aliphatic rings. The largest absolute Gasteiger partial charge is 0.368 e. The fourth-order valence-electron chi connectivity index (χ4n) is 0.468. The summed E-state index contributed by atoms with van der Waals surface area (Å²) in [4.78, 5) is 7.55. The van der Waals surface area contributed by atoms with Crippen LogP contribution in [0.1, 0.15) is 5.69 Å². The first-order valence-electron chi connectivity index (χ1n) is 2.34. The normalized spacial score (nSPS) is 8.11. The second-order valence-electron chi connectivity index (χ2n) is 1.56. The topological polar surface area (TPSA) is 86.8 Å². The molecular formula is C5H10N4. The maximum atomic E-state index is 5.24. The van der Waals surface area contributed by atoms with E-state index >= 15 is 0 Å². The van der Waals surface area contributed by atoms with Crippen molar-refractivity contribution >= 4 is 5.95 Å². The standard InChI is InChI=1S/C5H7N3.H3N/c1-4-2-3-7-5(6)8-4;/h2-3H,1H3,(H2,6,7,8);1H3. The minimum Gasteiger partial charge on any atom is -0.368 e. The number of hydrogen-bond acceptors (Lipinski definition) is 4. The van der Waals surface area contributed by atoms with Crippen molar-refractivity contribution in [2.75, 3.05) is 5.73 Å². The fourth-order valence-corrected chi connectivity index (χ4v) is 0.468. The van der Waals surface area contributed by atoms with Crippen LogP contribution in [-0.4, -0.2) is 9.97 Å². The maximum absolute atomic E-state index is 5.24. The van der Waals surface area contributed by atoms with Gasteiger partial charge in [-0.15, -0.1) is 0 Å². The third-order valence-corrected chi connectivity index (χ3v) is 0.813. The number of nitrogens with zero attached hydrogens (tertiary/aromatic N) is 2. The first kappa shape index (κ1) is 7.84. The van der Waals surface area contributed by atoms with E-state index in [1.54, 1.807) is 12.3 Å². The second-order valence-corrected chi connectivity index (χ2v) is 1.56. The van der Waals surface area contributed by atoms with Gasteiger partial charge in [0.05, 0.1) is 0 Å². The Bertz CT molecular complexity index is 169. The summed E-state index contributed by atoms with van der Waals surface area (Å²) < 4.78 is 0. The summed E-state index contributed by atoms with van der Waals surface area (Å²) >= 11 is 0. The molecule has 0 saturated carbocycles. The SMILES string of the molecule is Cc1ccnc(N)n1.N. The van der Waals surface area contributed by atoms with Crippen molar-refractivity contribution in [1.82, 2.24) is 16.1 Å². The van der Waals surface area contributed by atoms with Gasteiger partial charge in [-0.2, -0.15) is 0 Å². The quantitative estimate of drug-likeness (QED) is 0.530. The van der Waals surface area contributed by atoms with Crippen molar-refractivity contribution in [1.29, 1.82) is 0 Å². The van der Waals surface area contributed by atoms with Crippen molar-refractivity contribution < 1.29 is 0 Å². The van der Waals surface area contributed by atoms with Crippen LogP contribution in [0.3, 0.4) is 0 Å². The molecule has 50 valence electrons. The molecule has 1 rings (SSSR count). The van der Waals surface area contributed by atoms with Crippen molar-refractivity contribution in [3.05, 3.63) is 18.0 Å². The number of nitrogen functional groups attached to an aromatic ring is 1. The average Bonchev–Trinajstić information content (AvgIpc) is 1.64. The van der Waals surface area contributed by atoms with E-state index in [0.717, 1.165) is 5.69 Å². The maximum Gasteiger partial charge on any atom is 0.220 e. The lowest BCUT2D eigenvalue weighted by atomic mass is 10.5. The van der Waals surface area contributed by atoms with Crippen LogP contribution in [0.25, 0.3) is 0 Å². The highest BCUT2D eigenvalue weighted by atomic mass is 15.0. The van der Waals surface area contributed by atoms with Gasteiger partial charge in [0.1, 0.15) is 0 Å². The molecule has 0 saturated heterocycles. The molecule has 0 bridgehead atoms. The van der Waals surface area contributed by atoms with Gasteiger partial charge >= 0.3 is 0 Å². The Morgan fingerprint density at radius 1 is 1.56 bits per heavy atom. The van der Waals surface area contributed by atoms with E-state index in [1.807, 2.05) is 6.92 Å². The van der Waals surface area contributed by atoms with Crippen LogP contribution in [0, 0.1) is 6.92 Å². The molecule has 0 unspecified atom stereocenters. The van der Waals surface area contributed by atoms with Gasteiger partial charge in [-0.05, 0) is 13.0 Å². The Labute approximate surface area is 53.7 Å². The minimum atomic E-state index is 0. The zero-order valence-corrected chi connectivity index (χ0v) is 5.33. The first-order chi connectivity index (χ1) is 3.79. The van der Waals surface area contributed by atoms with Gasteiger partial charge in [0.25, 0.3) is 0 Å². The van der Waals surface area contributed by atoms with Crippen molar-refractivity contribution in [3.63, 3.8) is 0 Å². The molecule has 4 heteroatoms. The number of aromatic nitrogens is 2. The van der Waals surface area contributed by atoms with Gasteiger partial charge in [-0.25, -0.2) is 9.97 Å². The van der Waals surface area contributed by atoms with Gasteiger partial charge in [0, 0.05) is 11.9 Å². The number of aryl methyl sites for hydroxylation is 1. The third kappa shape index (κ3) is 2.05. The molecule has 0 aromatic carbocycles. The van der Waals surface area contributed by atoms with Crippen LogP contribution in [0.5, 0.6) is 0 Å². The van der Waals surface area contributed by atoms with Crippen LogP contribution >= 0.6 is 0 Å². The molecule has 0 aliphatic heterocycles. The predicted octanol–water partition coefficient (Wildman–Crippen LogP) is 0.529. The molecule has 0 aliphatic carbocycles. The van der Waals surface area contributed by atoms with Crippen LogP contribution in [0.15, 0.2) is 12.3 Å². The fraction of sp³-hybridized carbons (Fsp3) is 0.200. The van der Waals surface area contributed by atoms with Crippen molar-refractivity contribution in [3.8, 4) is 0 Å². The lowest BCUT2D eigenvalue weighted by Gasteiger charge is -1.89. The van der Waals surface area contributed by atoms with Crippen LogP contribution in [-0.2, 0) is 0 Å². The van der Waals surface area contributed by atoms with Crippen molar-refractivity contribution in [2.45, 2.75) is 6.92 Å². The van der Waals surface area contributed by atoms with Gasteiger partial charge in [-0.1, -0.05) is 0 Å². The number of hydrogen-bond donors (Lipinski definition) is 2. The molecular weight excluding hydrogens is 116 g/mol. The van der Waals surface area contributed by atoms with Crippen LogP contribution in [0.2, 0.25) is 0 Å². The molecule has 9 heavy (non-hydrogen) atoms. The Morgan fingerprint density at radius 3 is 2.56 bits per heavy atom. The van der Waals surface area contributed by atoms with Gasteiger partial charge < -0.3 is 11.9 Å². The second kappa shape index (κ2) is 2.99. The van der Waals surface area contributed by atoms with Gasteiger partial charge in [-0.3, -0.25) is 0 Å². The minimum absolute atomic E-state index is 0. The molecule has 0 amide bonds. The third-order valence-electron chi connectivity index (χ3n) is 0.813. The summed E-state index contributed by atoms with van der Waals surface area (Å²) in [5.41, 5.74) is 6.14. The van der Waals surface area contributed by atoms with Gasteiger partial charge in [0.15, 0.2) is 0 Å². The molecule has 0 atom stereocenters. The Kier molecular flexibility index (Phi) is 2.60. The van der Waals surface area contributed by atoms with E-state index in [9.17, 15) is 0 Å². The van der Waals surface area contributed by atoms with E-state index in [2.05, 4.69) is 9.97 Å². The monoisotopic (exact) mass is 126 g/mol. The molecule has 0 spiro atoms. The van der Waals surface area contributed by atoms with Gasteiger partial charge in [0.2, 0.25) is 5.95 Å². The predicted molar refractivity (Wildman–Crippen MR) is 36.2 cm³/mol. The lowest BCUT2D eigenvalue weighted by Crippen LogP contribution is -1.93. The highest BCUT2D eigenvalue weighted by Gasteiger charge is 1.84. The molecule has 0 radical (unpaired) electrons. The van der Waals surface area contributed by atoms with E-state index in [1.165, 1.54) is 0 Å². The zero-order valence-electron chi connectivity index (χ0n) is 5.33. The lowest BCUT2D eigenvalue weighted by molar-refractivity contribution is 1.12. The summed E-state index contributed by atoms with van der Waals surface area (Å²) in [6, 6.07) is 1.80. The van der Waals surface area contributed by atoms with Crippen LogP contribution < -0.4 is 11.9 Å². The number of anilines is 1. The summed E-state index contributed by atoms with van der Waals surface area (Å²) in [7, 11) is 0. The smallest absolute Gasteiger partial charge is 0.220 e. The Hall–Kier alpha value is -1.16. The van der Waals surface area contributed by atoms with Crippen LogP contribution in [0.4, 0.5) is 5.95 Å². The molecule has 4 nitrogen and oxygen atoms in total. The average molecular weight is 126 g/mol. The zero-order chi connectivity index (χ0) is 5.98. The highest BCUT2D eigenvalue weighted by Crippen LogP contribution is 1.91. The first-order valence-corrected chi connectivity index (χ1v) is 2.34. The summed E-state index contributed by atoms with van der Waals surface area (Å²) in [6.45, 7) is 1.87. The van der Waals surface area contributed by atoms with E-state index < -0.39 is 0 Å². The Morgan fingerprint density at radius 2 is 2.22 bits per heavy atom. The molecule has 1 aromatic heterocycles. The summed E-state index contributed by atoms with van der Waals surface area (Å²) in [5, 5.41) is 0. The molecule has 5 N–H and O–H groups in total. The highest BCUT2D eigenvalue weighted by molar-refractivity contribution is 5.15. The summed E-state index contributed by atoms with van der Waals surface area (Å²) in [5.74, 6) is 0.338. The number of rotatable bonds is 0. The molecule has 1 aromatic rings. The van der Waals surface area contributed by atoms with E-state index in [-0.39, 0.29) is 6.15 Å².